The molecule has 0 radical (unpaired) electrons. The summed E-state index contributed by atoms with van der Waals surface area (Å²) in [6, 6.07) is 8.24. The lowest BCUT2D eigenvalue weighted by atomic mass is 9.92. The lowest BCUT2D eigenvalue weighted by Crippen LogP contribution is -2.51. The Kier molecular flexibility index (Phi) is 4.12. The number of para-hydroxylation sites is 1. The van der Waals surface area contributed by atoms with E-state index in [2.05, 4.69) is 28.3 Å². The molecular formula is C17H21N3O. The molecule has 110 valence electrons. The average Bonchev–Trinajstić information content (AvgIpc) is 2.55. The number of hydrogen-bond donors (Lipinski definition) is 1. The van der Waals surface area contributed by atoms with Crippen LogP contribution in [0.1, 0.15) is 5.56 Å². The number of anilines is 1. The van der Waals surface area contributed by atoms with Crippen molar-refractivity contribution in [2.24, 2.45) is 5.92 Å². The van der Waals surface area contributed by atoms with Crippen LogP contribution in [0.5, 0.6) is 0 Å². The molecule has 0 spiro atoms. The third kappa shape index (κ3) is 3.03. The van der Waals surface area contributed by atoms with Gasteiger partial charge in [0.05, 0.1) is 12.5 Å². The second-order valence-corrected chi connectivity index (χ2v) is 5.74. The molecule has 4 heteroatoms. The molecule has 2 aliphatic heterocycles. The molecule has 0 aliphatic carbocycles. The zero-order valence-electron chi connectivity index (χ0n) is 12.2. The third-order valence-corrected chi connectivity index (χ3v) is 4.37. The Morgan fingerprint density at radius 3 is 2.81 bits per heavy atom. The minimum absolute atomic E-state index is 0.0547. The summed E-state index contributed by atoms with van der Waals surface area (Å²) in [7, 11) is 0. The van der Waals surface area contributed by atoms with Gasteiger partial charge in [0, 0.05) is 38.4 Å². The summed E-state index contributed by atoms with van der Waals surface area (Å²) in [4.78, 5) is 16.9. The highest BCUT2D eigenvalue weighted by molar-refractivity contribution is 5.81. The molecule has 4 nitrogen and oxygen atoms in total. The first kappa shape index (κ1) is 14.0. The second kappa shape index (κ2) is 6.19. The quantitative estimate of drug-likeness (QED) is 0.824. The molecular weight excluding hydrogens is 262 g/mol. The molecule has 21 heavy (non-hydrogen) atoms. The molecule has 1 aromatic rings. The maximum Gasteiger partial charge on any atom is 0.227 e. The minimum atomic E-state index is 0.0547. The highest BCUT2D eigenvalue weighted by Gasteiger charge is 2.29. The van der Waals surface area contributed by atoms with Gasteiger partial charge in [0.1, 0.15) is 0 Å². The predicted octanol–water partition coefficient (Wildman–Crippen LogP) is 1.05. The van der Waals surface area contributed by atoms with Gasteiger partial charge in [0.2, 0.25) is 5.91 Å². The van der Waals surface area contributed by atoms with E-state index in [1.807, 2.05) is 17.0 Å². The van der Waals surface area contributed by atoms with E-state index >= 15 is 0 Å². The molecule has 0 saturated carbocycles. The number of carbonyl (C=O) groups is 1. The van der Waals surface area contributed by atoms with E-state index < -0.39 is 0 Å². The smallest absolute Gasteiger partial charge is 0.227 e. The monoisotopic (exact) mass is 283 g/mol. The van der Waals surface area contributed by atoms with Gasteiger partial charge < -0.3 is 10.2 Å². The van der Waals surface area contributed by atoms with Gasteiger partial charge in [-0.3, -0.25) is 9.69 Å². The summed E-state index contributed by atoms with van der Waals surface area (Å²) in [5.41, 5.74) is 2.41. The van der Waals surface area contributed by atoms with E-state index in [4.69, 9.17) is 6.42 Å². The third-order valence-electron chi connectivity index (χ3n) is 4.37. The van der Waals surface area contributed by atoms with Crippen molar-refractivity contribution in [3.63, 3.8) is 0 Å². The second-order valence-electron chi connectivity index (χ2n) is 5.74. The fourth-order valence-electron chi connectivity index (χ4n) is 3.13. The maximum atomic E-state index is 12.7. The van der Waals surface area contributed by atoms with Crippen molar-refractivity contribution in [1.29, 1.82) is 0 Å². The van der Waals surface area contributed by atoms with Crippen LogP contribution in [-0.2, 0) is 11.2 Å². The molecule has 1 atom stereocenters. The Hall–Kier alpha value is -1.99. The predicted molar refractivity (Wildman–Crippen MR) is 84.0 cm³/mol. The molecule has 1 N–H and O–H groups in total. The first-order valence-corrected chi connectivity index (χ1v) is 7.54. The number of hydrogen-bond acceptors (Lipinski definition) is 3. The number of nitrogens with one attached hydrogen (secondary N) is 1. The fourth-order valence-corrected chi connectivity index (χ4v) is 3.13. The van der Waals surface area contributed by atoms with Crippen LogP contribution < -0.4 is 5.32 Å². The van der Waals surface area contributed by atoms with Gasteiger partial charge >= 0.3 is 0 Å². The standard InChI is InChI=1S/C17H21N3O/c1-2-7-19-8-10-20(11-9-19)17(21)15-12-14-5-3-4-6-16(14)18-13-15/h1,3-6,15,18H,7-13H2. The van der Waals surface area contributed by atoms with Crippen molar-refractivity contribution in [3.8, 4) is 12.3 Å². The molecule has 0 aromatic heterocycles. The van der Waals surface area contributed by atoms with Crippen molar-refractivity contribution in [3.05, 3.63) is 29.8 Å². The minimum Gasteiger partial charge on any atom is -0.384 e. The van der Waals surface area contributed by atoms with Crippen molar-refractivity contribution in [1.82, 2.24) is 9.80 Å². The van der Waals surface area contributed by atoms with E-state index in [1.165, 1.54) is 11.3 Å². The Morgan fingerprint density at radius 2 is 2.05 bits per heavy atom. The number of amides is 1. The van der Waals surface area contributed by atoms with Gasteiger partial charge in [-0.1, -0.05) is 24.1 Å². The topological polar surface area (TPSA) is 35.6 Å². The van der Waals surface area contributed by atoms with Crippen LogP contribution in [0, 0.1) is 18.3 Å². The molecule has 1 unspecified atom stereocenters. The van der Waals surface area contributed by atoms with Crippen molar-refractivity contribution >= 4 is 11.6 Å². The molecule has 1 aromatic carbocycles. The summed E-state index contributed by atoms with van der Waals surface area (Å²) < 4.78 is 0. The average molecular weight is 283 g/mol. The molecule has 2 heterocycles. The van der Waals surface area contributed by atoms with Crippen LogP contribution in [0.3, 0.4) is 0 Å². The number of nitrogens with zero attached hydrogens (tertiary/aromatic N) is 2. The van der Waals surface area contributed by atoms with Crippen LogP contribution in [0.15, 0.2) is 24.3 Å². The van der Waals surface area contributed by atoms with Crippen molar-refractivity contribution in [2.45, 2.75) is 6.42 Å². The number of rotatable bonds is 2. The molecule has 2 aliphatic rings. The van der Waals surface area contributed by atoms with E-state index in [-0.39, 0.29) is 11.8 Å². The zero-order chi connectivity index (χ0) is 14.7. The number of carbonyl (C=O) groups excluding carboxylic acids is 1. The Balaban J connectivity index is 1.59. The maximum absolute atomic E-state index is 12.7. The van der Waals surface area contributed by atoms with Crippen molar-refractivity contribution < 1.29 is 4.79 Å². The summed E-state index contributed by atoms with van der Waals surface area (Å²) in [6.07, 6.45) is 6.18. The van der Waals surface area contributed by atoms with Gasteiger partial charge in [-0.25, -0.2) is 0 Å². The fraction of sp³-hybridized carbons (Fsp3) is 0.471. The largest absolute Gasteiger partial charge is 0.384 e. The Labute approximate surface area is 126 Å². The summed E-state index contributed by atoms with van der Waals surface area (Å²) >= 11 is 0. The number of fused-ring (bicyclic) bond motifs is 1. The van der Waals surface area contributed by atoms with Crippen LogP contribution in [0.4, 0.5) is 5.69 Å². The van der Waals surface area contributed by atoms with Crippen LogP contribution >= 0.6 is 0 Å². The Bertz CT molecular complexity index is 555. The molecule has 0 bridgehead atoms. The van der Waals surface area contributed by atoms with Gasteiger partial charge in [0.25, 0.3) is 0 Å². The normalized spacial score (nSPS) is 22.0. The highest BCUT2D eigenvalue weighted by Crippen LogP contribution is 2.25. The van der Waals surface area contributed by atoms with Crippen LogP contribution in [-0.4, -0.2) is 55.0 Å². The molecule has 3 rings (SSSR count). The van der Waals surface area contributed by atoms with Gasteiger partial charge in [-0.15, -0.1) is 6.42 Å². The molecule has 1 amide bonds. The first-order chi connectivity index (χ1) is 10.3. The van der Waals surface area contributed by atoms with E-state index in [1.54, 1.807) is 0 Å². The number of benzene rings is 1. The van der Waals surface area contributed by atoms with Crippen LogP contribution in [0.2, 0.25) is 0 Å². The van der Waals surface area contributed by atoms with E-state index in [0.717, 1.165) is 39.1 Å². The number of piperazine rings is 1. The van der Waals surface area contributed by atoms with E-state index in [0.29, 0.717) is 6.54 Å². The molecule has 1 fully saturated rings. The first-order valence-electron chi connectivity index (χ1n) is 7.54. The summed E-state index contributed by atoms with van der Waals surface area (Å²) in [5, 5.41) is 3.38. The van der Waals surface area contributed by atoms with Crippen LogP contribution in [0.25, 0.3) is 0 Å². The SMILES string of the molecule is C#CCN1CCN(C(=O)C2CNc3ccccc3C2)CC1. The summed E-state index contributed by atoms with van der Waals surface area (Å²) in [6.45, 7) is 4.76. The van der Waals surface area contributed by atoms with Gasteiger partial charge in [0.15, 0.2) is 0 Å². The van der Waals surface area contributed by atoms with Gasteiger partial charge in [-0.05, 0) is 18.1 Å². The molecule has 1 saturated heterocycles. The van der Waals surface area contributed by atoms with Gasteiger partial charge in [-0.2, -0.15) is 0 Å². The lowest BCUT2D eigenvalue weighted by Gasteiger charge is -2.36. The van der Waals surface area contributed by atoms with E-state index in [9.17, 15) is 4.79 Å². The summed E-state index contributed by atoms with van der Waals surface area (Å²) in [5.74, 6) is 3.00. The lowest BCUT2D eigenvalue weighted by molar-refractivity contribution is -0.136. The van der Waals surface area contributed by atoms with Crippen molar-refractivity contribution in [2.75, 3.05) is 44.6 Å². The zero-order valence-corrected chi connectivity index (χ0v) is 12.2. The Morgan fingerprint density at radius 1 is 1.29 bits per heavy atom. The number of terminal acetylenes is 1. The highest BCUT2D eigenvalue weighted by atomic mass is 16.2.